The summed E-state index contributed by atoms with van der Waals surface area (Å²) in [6, 6.07) is 28.6. The summed E-state index contributed by atoms with van der Waals surface area (Å²) >= 11 is 0. The van der Waals surface area contributed by atoms with Crippen LogP contribution in [-0.2, 0) is 4.57 Å². The van der Waals surface area contributed by atoms with Crippen molar-refractivity contribution in [3.05, 3.63) is 91.0 Å². The second-order valence-corrected chi connectivity index (χ2v) is 11.0. The van der Waals surface area contributed by atoms with Gasteiger partial charge in [0.15, 0.2) is 40.7 Å². The number of aromatic nitrogens is 8. The maximum absolute atomic E-state index is 11.8. The zero-order valence-electron chi connectivity index (χ0n) is 22.6. The fraction of sp³-hybridized carbons (Fsp3) is 0. The van der Waals surface area contributed by atoms with Gasteiger partial charge in [-0.2, -0.15) is 0 Å². The van der Waals surface area contributed by atoms with Crippen LogP contribution in [0.15, 0.2) is 91.0 Å². The van der Waals surface area contributed by atoms with Gasteiger partial charge in [0.1, 0.15) is 28.3 Å². The van der Waals surface area contributed by atoms with Gasteiger partial charge in [-0.25, -0.2) is 34.5 Å². The van der Waals surface area contributed by atoms with Crippen LogP contribution in [0, 0.1) is 0 Å². The van der Waals surface area contributed by atoms with E-state index in [4.69, 9.17) is 34.4 Å². The first-order valence-corrected chi connectivity index (χ1v) is 15.0. The number of H-pyrrole nitrogens is 2. The van der Waals surface area contributed by atoms with Crippen LogP contribution < -0.4 is 4.52 Å². The Morgan fingerprint density at radius 2 is 0.911 bits per heavy atom. The van der Waals surface area contributed by atoms with Crippen molar-refractivity contribution >= 4 is 69.7 Å². The summed E-state index contributed by atoms with van der Waals surface area (Å²) in [5, 5.41) is 2.92. The summed E-state index contributed by atoms with van der Waals surface area (Å²) in [6.45, 7) is 0. The molecule has 2 aliphatic heterocycles. The maximum Gasteiger partial charge on any atom is 0.365 e. The molecule has 13 heteroatoms. The lowest BCUT2D eigenvalue weighted by Gasteiger charge is -2.03. The third-order valence-corrected chi connectivity index (χ3v) is 8.13. The molecule has 0 amide bonds. The quantitative estimate of drug-likeness (QED) is 0.168. The van der Waals surface area contributed by atoms with Gasteiger partial charge in [0, 0.05) is 38.4 Å². The van der Waals surface area contributed by atoms with Gasteiger partial charge < -0.3 is 19.4 Å². The van der Waals surface area contributed by atoms with Gasteiger partial charge >= 0.3 is 8.25 Å². The van der Waals surface area contributed by atoms with Crippen LogP contribution in [0.1, 0.15) is 0 Å². The van der Waals surface area contributed by atoms with Crippen molar-refractivity contribution in [2.75, 3.05) is 0 Å². The van der Waals surface area contributed by atoms with Crippen LogP contribution in [0.2, 0.25) is 0 Å². The summed E-state index contributed by atoms with van der Waals surface area (Å²) in [4.78, 5) is 45.9. The van der Waals surface area contributed by atoms with E-state index in [1.54, 1.807) is 12.1 Å². The molecule has 1 unspecified atom stereocenters. The van der Waals surface area contributed by atoms with Crippen LogP contribution in [0.4, 0.5) is 0 Å². The molecule has 2 aliphatic rings. The van der Waals surface area contributed by atoms with E-state index in [2.05, 4.69) is 9.97 Å². The second-order valence-electron chi connectivity index (χ2n) is 10.3. The predicted molar refractivity (Wildman–Crippen MR) is 178 cm³/mol. The number of nitrogens with one attached hydrogen (secondary N) is 2. The largest absolute Gasteiger partial charge is 0.426 e. The Morgan fingerprint density at radius 1 is 0.511 bits per heavy atom. The van der Waals surface area contributed by atoms with Crippen molar-refractivity contribution in [2.45, 2.75) is 0 Å². The molecule has 1 atom stereocenters. The van der Waals surface area contributed by atoms with Gasteiger partial charge in [-0.05, 0) is 6.07 Å². The van der Waals surface area contributed by atoms with Crippen LogP contribution in [0.3, 0.4) is 0 Å². The average Bonchev–Trinajstić information content (AvgIpc) is 3.77. The molecule has 4 aromatic carbocycles. The molecule has 11 nitrogen and oxygen atoms in total. The van der Waals surface area contributed by atoms with Crippen molar-refractivity contribution in [3.63, 3.8) is 0 Å². The normalized spacial score (nSPS) is 12.4. The highest BCUT2D eigenvalue weighted by molar-refractivity contribution is 7.32. The van der Waals surface area contributed by atoms with Gasteiger partial charge in [-0.3, -0.25) is 0 Å². The van der Waals surface area contributed by atoms with Crippen LogP contribution >= 0.6 is 8.25 Å². The number of hydrogen-bond acceptors (Lipinski definition) is 8. The van der Waals surface area contributed by atoms with Crippen LogP contribution in [-0.4, -0.2) is 62.1 Å². The minimum atomic E-state index is -3.31. The molecule has 7 aromatic rings. The predicted octanol–water partition coefficient (Wildman–Crippen LogP) is 5.45. The molecule has 9 rings (SSSR count). The molecule has 0 spiro atoms. The molecule has 45 heavy (non-hydrogen) atoms. The van der Waals surface area contributed by atoms with Crippen molar-refractivity contribution in [1.82, 2.24) is 39.9 Å². The Bertz CT molecular complexity index is 2540. The standard InChI is InChI=1S/C32H19N8O3P.Al.3H/c41-44(42)43-23-15-7-14-22-24(23)32-39-30-21-13-6-5-12-20(21)28(37-30)35-26-17-9-2-1-8-16(17)25(33-26)34-27-18-10-3-4-11-19(18)29(36-27)38-31(22)40-32;;;;/h1-15,44H,(H,41,42)(H2,33,34,35,36,37,38,39,40);;;;. The molecular formula is C32H22AlN8O3P. The van der Waals surface area contributed by atoms with Gasteiger partial charge in [-0.15, -0.1) is 0 Å². The van der Waals surface area contributed by atoms with Gasteiger partial charge in [-0.1, -0.05) is 84.9 Å². The van der Waals surface area contributed by atoms with Crippen molar-refractivity contribution in [3.8, 4) is 51.3 Å². The van der Waals surface area contributed by atoms with Gasteiger partial charge in [0.25, 0.3) is 0 Å². The Balaban J connectivity index is 0.00000300. The van der Waals surface area contributed by atoms with Gasteiger partial charge in [0.05, 0.1) is 5.39 Å². The van der Waals surface area contributed by atoms with E-state index in [-0.39, 0.29) is 23.1 Å². The zero-order chi connectivity index (χ0) is 29.4. The lowest BCUT2D eigenvalue weighted by molar-refractivity contribution is 0.412. The monoisotopic (exact) mass is 624 g/mol. The molecule has 0 saturated carbocycles. The molecule has 5 heterocycles. The minimum absolute atomic E-state index is 0. The van der Waals surface area contributed by atoms with Crippen LogP contribution in [0.25, 0.3) is 89.7 Å². The molecule has 0 radical (unpaired) electrons. The summed E-state index contributed by atoms with van der Waals surface area (Å²) in [6.07, 6.45) is 0. The number of fused-ring (bicyclic) bond motifs is 20. The first-order chi connectivity index (χ1) is 21.6. The third kappa shape index (κ3) is 4.35. The van der Waals surface area contributed by atoms with Crippen molar-refractivity contribution in [1.29, 1.82) is 0 Å². The highest BCUT2D eigenvalue weighted by Gasteiger charge is 2.22. The Morgan fingerprint density at radius 3 is 1.40 bits per heavy atom. The number of benzene rings is 4. The molecule has 0 fully saturated rings. The molecule has 3 N–H and O–H groups in total. The van der Waals surface area contributed by atoms with E-state index in [9.17, 15) is 9.46 Å². The Labute approximate surface area is 265 Å². The summed E-state index contributed by atoms with van der Waals surface area (Å²) in [5.41, 5.74) is 5.32. The van der Waals surface area contributed by atoms with Crippen LogP contribution in [0.5, 0.6) is 5.75 Å². The molecule has 216 valence electrons. The fourth-order valence-corrected chi connectivity index (χ4v) is 6.20. The first-order valence-electron chi connectivity index (χ1n) is 13.7. The van der Waals surface area contributed by atoms with E-state index in [1.807, 2.05) is 78.9 Å². The highest BCUT2D eigenvalue weighted by Crippen LogP contribution is 2.39. The number of aromatic amines is 2. The lowest BCUT2D eigenvalue weighted by atomic mass is 10.1. The van der Waals surface area contributed by atoms with Gasteiger partial charge in [0.2, 0.25) is 0 Å². The first kappa shape index (κ1) is 27.3. The molecule has 3 aromatic heterocycles. The highest BCUT2D eigenvalue weighted by atomic mass is 31.1. The number of rotatable bonds is 2. The topological polar surface area (TPSA) is 155 Å². The summed E-state index contributed by atoms with van der Waals surface area (Å²) < 4.78 is 17.2. The summed E-state index contributed by atoms with van der Waals surface area (Å²) in [5.74, 6) is 2.08. The summed E-state index contributed by atoms with van der Waals surface area (Å²) in [7, 11) is -3.31. The molecule has 0 saturated heterocycles. The van der Waals surface area contributed by atoms with E-state index >= 15 is 0 Å². The van der Waals surface area contributed by atoms with Crippen molar-refractivity contribution in [2.24, 2.45) is 0 Å². The number of hydrogen-bond donors (Lipinski definition) is 3. The SMILES string of the molecule is O=[PH](O)Oc1cccc2c3nc4nc(nc5[nH]c(nc6nc(nc([nH]3)c12)-c1ccccc1-6)c1ccccc51)-c1ccccc1-4.[AlH3]. The zero-order valence-corrected chi connectivity index (χ0v) is 23.6. The second kappa shape index (κ2) is 10.4. The van der Waals surface area contributed by atoms with E-state index in [1.165, 1.54) is 0 Å². The fourth-order valence-electron chi connectivity index (χ4n) is 5.84. The molecular weight excluding hydrogens is 602 g/mol. The van der Waals surface area contributed by atoms with Crippen molar-refractivity contribution < 1.29 is 14.0 Å². The third-order valence-electron chi connectivity index (χ3n) is 7.74. The average molecular weight is 625 g/mol. The van der Waals surface area contributed by atoms with E-state index in [0.717, 1.165) is 33.0 Å². The molecule has 0 aliphatic carbocycles. The number of nitrogens with zero attached hydrogens (tertiary/aromatic N) is 6. The smallest absolute Gasteiger partial charge is 0.365 e. The Hall–Kier alpha value is -5.24. The lowest BCUT2D eigenvalue weighted by Crippen LogP contribution is -1.84. The Kier molecular flexibility index (Phi) is 6.34. The van der Waals surface area contributed by atoms with E-state index in [0.29, 0.717) is 56.7 Å². The minimum Gasteiger partial charge on any atom is -0.426 e. The van der Waals surface area contributed by atoms with E-state index < -0.39 is 8.25 Å². The molecule has 8 bridgehead atoms. The maximum atomic E-state index is 11.8.